The van der Waals surface area contributed by atoms with Gasteiger partial charge in [0.2, 0.25) is 5.91 Å². The van der Waals surface area contributed by atoms with Crippen LogP contribution in [0, 0.1) is 13.8 Å². The first-order chi connectivity index (χ1) is 6.65. The molecule has 1 aromatic rings. The Labute approximate surface area is 87.6 Å². The zero-order valence-electron chi connectivity index (χ0n) is 8.26. The molecule has 4 nitrogen and oxygen atoms in total. The second-order valence-electron chi connectivity index (χ2n) is 3.02. The molecule has 0 spiro atoms. The molecule has 0 fully saturated rings. The summed E-state index contributed by atoms with van der Waals surface area (Å²) in [6, 6.07) is 0. The number of alkyl halides is 1. The molecule has 1 amide bonds. The van der Waals surface area contributed by atoms with Crippen LogP contribution >= 0.6 is 11.6 Å². The van der Waals surface area contributed by atoms with Crippen LogP contribution in [0.15, 0.2) is 4.52 Å². The van der Waals surface area contributed by atoms with Gasteiger partial charge in [-0.3, -0.25) is 4.79 Å². The Morgan fingerprint density at radius 2 is 2.29 bits per heavy atom. The zero-order chi connectivity index (χ0) is 10.6. The third-order valence-electron chi connectivity index (χ3n) is 1.97. The summed E-state index contributed by atoms with van der Waals surface area (Å²) in [6.45, 7) is 4.12. The molecule has 1 N–H and O–H groups in total. The molecule has 0 unspecified atom stereocenters. The molecule has 0 saturated carbocycles. The SMILES string of the molecule is Cc1noc(C)c1CNC(=O)CCCl. The number of carbonyl (C=O) groups is 1. The molecule has 0 aliphatic rings. The van der Waals surface area contributed by atoms with Gasteiger partial charge < -0.3 is 9.84 Å². The van der Waals surface area contributed by atoms with Crippen molar-refractivity contribution in [1.82, 2.24) is 10.5 Å². The lowest BCUT2D eigenvalue weighted by Crippen LogP contribution is -2.23. The highest BCUT2D eigenvalue weighted by Gasteiger charge is 2.09. The van der Waals surface area contributed by atoms with E-state index in [4.69, 9.17) is 16.1 Å². The van der Waals surface area contributed by atoms with Gasteiger partial charge in [0, 0.05) is 24.4 Å². The lowest BCUT2D eigenvalue weighted by atomic mass is 10.2. The fraction of sp³-hybridized carbons (Fsp3) is 0.556. The molecule has 5 heteroatoms. The number of carbonyl (C=O) groups excluding carboxylic acids is 1. The van der Waals surface area contributed by atoms with Crippen LogP contribution < -0.4 is 5.32 Å². The van der Waals surface area contributed by atoms with Crippen LogP contribution in [0.3, 0.4) is 0 Å². The van der Waals surface area contributed by atoms with E-state index < -0.39 is 0 Å². The van der Waals surface area contributed by atoms with Crippen molar-refractivity contribution in [3.63, 3.8) is 0 Å². The van der Waals surface area contributed by atoms with Crippen molar-refractivity contribution < 1.29 is 9.32 Å². The van der Waals surface area contributed by atoms with Gasteiger partial charge >= 0.3 is 0 Å². The summed E-state index contributed by atoms with van der Waals surface area (Å²) in [6.07, 6.45) is 0.338. The topological polar surface area (TPSA) is 55.1 Å². The fourth-order valence-corrected chi connectivity index (χ4v) is 1.29. The van der Waals surface area contributed by atoms with Gasteiger partial charge in [0.05, 0.1) is 5.69 Å². The molecule has 0 bridgehead atoms. The van der Waals surface area contributed by atoms with Gasteiger partial charge in [-0.05, 0) is 13.8 Å². The Balaban J connectivity index is 2.49. The van der Waals surface area contributed by atoms with E-state index in [0.29, 0.717) is 18.8 Å². The molecule has 0 aliphatic heterocycles. The summed E-state index contributed by atoms with van der Waals surface area (Å²) in [7, 11) is 0. The van der Waals surface area contributed by atoms with E-state index in [2.05, 4.69) is 10.5 Å². The van der Waals surface area contributed by atoms with E-state index in [1.807, 2.05) is 13.8 Å². The number of rotatable bonds is 4. The number of aryl methyl sites for hydroxylation is 2. The Bertz CT molecular complexity index is 303. The molecule has 1 aromatic heterocycles. The maximum Gasteiger partial charge on any atom is 0.221 e. The summed E-state index contributed by atoms with van der Waals surface area (Å²) in [5.41, 5.74) is 1.75. The number of aromatic nitrogens is 1. The lowest BCUT2D eigenvalue weighted by molar-refractivity contribution is -0.120. The molecule has 14 heavy (non-hydrogen) atoms. The predicted octanol–water partition coefficient (Wildman–Crippen LogP) is 1.54. The van der Waals surface area contributed by atoms with Crippen LogP contribution in [-0.2, 0) is 11.3 Å². The van der Waals surface area contributed by atoms with Gasteiger partial charge in [-0.2, -0.15) is 0 Å². The number of amides is 1. The zero-order valence-corrected chi connectivity index (χ0v) is 9.02. The Kier molecular flexibility index (Phi) is 3.95. The molecule has 0 aromatic carbocycles. The van der Waals surface area contributed by atoms with Crippen LogP contribution in [0.5, 0.6) is 0 Å². The first-order valence-corrected chi connectivity index (χ1v) is 4.93. The third-order valence-corrected chi connectivity index (χ3v) is 2.15. The van der Waals surface area contributed by atoms with Gasteiger partial charge in [0.15, 0.2) is 0 Å². The third kappa shape index (κ3) is 2.73. The van der Waals surface area contributed by atoms with E-state index >= 15 is 0 Å². The molecule has 0 atom stereocenters. The quantitative estimate of drug-likeness (QED) is 0.777. The first-order valence-electron chi connectivity index (χ1n) is 4.39. The molecular formula is C9H13ClN2O2. The number of halogens is 1. The number of nitrogens with zero attached hydrogens (tertiary/aromatic N) is 1. The normalized spacial score (nSPS) is 10.2. The maximum atomic E-state index is 11.1. The second kappa shape index (κ2) is 5.00. The van der Waals surface area contributed by atoms with Crippen molar-refractivity contribution in [2.75, 3.05) is 5.88 Å². The summed E-state index contributed by atoms with van der Waals surface area (Å²) < 4.78 is 4.96. The largest absolute Gasteiger partial charge is 0.361 e. The summed E-state index contributed by atoms with van der Waals surface area (Å²) in [5.74, 6) is 1.03. The van der Waals surface area contributed by atoms with Gasteiger partial charge in [-0.1, -0.05) is 5.16 Å². The molecule has 1 rings (SSSR count). The van der Waals surface area contributed by atoms with E-state index in [-0.39, 0.29) is 5.91 Å². The standard InChI is InChI=1S/C9H13ClN2O2/c1-6-8(7(2)14-12-6)5-11-9(13)3-4-10/h3-5H2,1-2H3,(H,11,13). The van der Waals surface area contributed by atoms with Crippen LogP contribution in [0.2, 0.25) is 0 Å². The van der Waals surface area contributed by atoms with Crippen molar-refractivity contribution in [1.29, 1.82) is 0 Å². The minimum atomic E-state index is -0.0556. The van der Waals surface area contributed by atoms with Crippen molar-refractivity contribution in [2.24, 2.45) is 0 Å². The average molecular weight is 217 g/mol. The Morgan fingerprint density at radius 1 is 1.57 bits per heavy atom. The Hall–Kier alpha value is -1.03. The molecule has 0 saturated heterocycles. The number of nitrogens with one attached hydrogen (secondary N) is 1. The van der Waals surface area contributed by atoms with E-state index in [1.54, 1.807) is 0 Å². The van der Waals surface area contributed by atoms with Crippen LogP contribution in [0.4, 0.5) is 0 Å². The van der Waals surface area contributed by atoms with Crippen molar-refractivity contribution in [3.05, 3.63) is 17.0 Å². The second-order valence-corrected chi connectivity index (χ2v) is 3.40. The van der Waals surface area contributed by atoms with E-state index in [0.717, 1.165) is 17.0 Å². The molecule has 78 valence electrons. The average Bonchev–Trinajstić information content (AvgIpc) is 2.44. The summed E-state index contributed by atoms with van der Waals surface area (Å²) in [4.78, 5) is 11.1. The summed E-state index contributed by atoms with van der Waals surface area (Å²) in [5, 5.41) is 6.53. The molecule has 0 aliphatic carbocycles. The van der Waals surface area contributed by atoms with E-state index in [1.165, 1.54) is 0 Å². The molecule has 1 heterocycles. The van der Waals surface area contributed by atoms with Gasteiger partial charge in [-0.15, -0.1) is 11.6 Å². The highest BCUT2D eigenvalue weighted by Crippen LogP contribution is 2.11. The van der Waals surface area contributed by atoms with Gasteiger partial charge in [0.25, 0.3) is 0 Å². The lowest BCUT2D eigenvalue weighted by Gasteiger charge is -2.02. The number of hydrogen-bond donors (Lipinski definition) is 1. The summed E-state index contributed by atoms with van der Waals surface area (Å²) >= 11 is 5.43. The van der Waals surface area contributed by atoms with Crippen molar-refractivity contribution in [3.8, 4) is 0 Å². The minimum Gasteiger partial charge on any atom is -0.361 e. The Morgan fingerprint density at radius 3 is 2.79 bits per heavy atom. The molecule has 0 radical (unpaired) electrons. The predicted molar refractivity (Wildman–Crippen MR) is 53.2 cm³/mol. The maximum absolute atomic E-state index is 11.1. The van der Waals surface area contributed by atoms with Crippen LogP contribution in [-0.4, -0.2) is 16.9 Å². The number of hydrogen-bond acceptors (Lipinski definition) is 3. The minimum absolute atomic E-state index is 0.0556. The van der Waals surface area contributed by atoms with Gasteiger partial charge in [-0.25, -0.2) is 0 Å². The van der Waals surface area contributed by atoms with Crippen molar-refractivity contribution in [2.45, 2.75) is 26.8 Å². The monoisotopic (exact) mass is 216 g/mol. The fourth-order valence-electron chi connectivity index (χ4n) is 1.12. The van der Waals surface area contributed by atoms with Crippen LogP contribution in [0.25, 0.3) is 0 Å². The first kappa shape index (κ1) is 11.0. The highest BCUT2D eigenvalue weighted by molar-refractivity contribution is 6.18. The smallest absolute Gasteiger partial charge is 0.221 e. The highest BCUT2D eigenvalue weighted by atomic mass is 35.5. The van der Waals surface area contributed by atoms with Gasteiger partial charge in [0.1, 0.15) is 5.76 Å². The van der Waals surface area contributed by atoms with Crippen LogP contribution in [0.1, 0.15) is 23.4 Å². The van der Waals surface area contributed by atoms with Crippen molar-refractivity contribution >= 4 is 17.5 Å². The van der Waals surface area contributed by atoms with E-state index in [9.17, 15) is 4.79 Å². The molecular weight excluding hydrogens is 204 g/mol.